The molecule has 3 N–H and O–H groups in total. The van der Waals surface area contributed by atoms with Gasteiger partial charge in [-0.2, -0.15) is 0 Å². The predicted molar refractivity (Wildman–Crippen MR) is 63.8 cm³/mol. The minimum absolute atomic E-state index is 0.119. The van der Waals surface area contributed by atoms with E-state index < -0.39 is 0 Å². The van der Waals surface area contributed by atoms with E-state index in [1.165, 1.54) is 18.4 Å². The first kappa shape index (κ1) is 9.66. The molecule has 0 unspecified atom stereocenters. The van der Waals surface area contributed by atoms with E-state index in [2.05, 4.69) is 21.4 Å². The van der Waals surface area contributed by atoms with Crippen LogP contribution in [0, 0.1) is 0 Å². The Morgan fingerprint density at radius 3 is 3.00 bits per heavy atom. The number of benzene rings is 1. The van der Waals surface area contributed by atoms with Gasteiger partial charge in [0.2, 0.25) is 0 Å². The number of hydrogen-bond donors (Lipinski definition) is 3. The number of hydrogen-bond acceptors (Lipinski definition) is 2. The third-order valence-corrected chi connectivity index (χ3v) is 3.32. The number of fused-ring (bicyclic) bond motifs is 1. The Labute approximate surface area is 93.1 Å². The highest BCUT2D eigenvalue weighted by atomic mass is 16.1. The normalized spacial score (nSPS) is 21.4. The Balaban J connectivity index is 2.11. The van der Waals surface area contributed by atoms with E-state index >= 15 is 0 Å². The number of para-hydroxylation sites is 1. The highest BCUT2D eigenvalue weighted by Crippen LogP contribution is 2.27. The molecule has 16 heavy (non-hydrogen) atoms. The molecule has 84 valence electrons. The summed E-state index contributed by atoms with van der Waals surface area (Å²) in [5, 5.41) is 3.40. The third-order valence-electron chi connectivity index (χ3n) is 3.32. The molecule has 3 rings (SSSR count). The Hall–Kier alpha value is -1.55. The summed E-state index contributed by atoms with van der Waals surface area (Å²) >= 11 is 0. The lowest BCUT2D eigenvalue weighted by Gasteiger charge is -2.23. The van der Waals surface area contributed by atoms with Crippen LogP contribution in [0.2, 0.25) is 0 Å². The molecule has 0 saturated carbocycles. The van der Waals surface area contributed by atoms with Gasteiger partial charge in [-0.05, 0) is 36.9 Å². The van der Waals surface area contributed by atoms with Crippen LogP contribution in [0.25, 0.3) is 11.0 Å². The van der Waals surface area contributed by atoms with E-state index in [9.17, 15) is 4.79 Å². The topological polar surface area (TPSA) is 60.7 Å². The molecule has 2 heterocycles. The van der Waals surface area contributed by atoms with Gasteiger partial charge in [0.15, 0.2) is 0 Å². The first-order valence-corrected chi connectivity index (χ1v) is 5.76. The number of imidazole rings is 1. The molecular formula is C12H15N3O. The maximum absolute atomic E-state index is 11.3. The minimum atomic E-state index is -0.119. The van der Waals surface area contributed by atoms with E-state index in [4.69, 9.17) is 0 Å². The molecule has 1 aliphatic heterocycles. The SMILES string of the molecule is O=c1[nH]c2cccc([C@H]3CCCNC3)c2[nH]1. The van der Waals surface area contributed by atoms with Gasteiger partial charge in [-0.1, -0.05) is 12.1 Å². The van der Waals surface area contributed by atoms with E-state index in [0.717, 1.165) is 24.1 Å². The predicted octanol–water partition coefficient (Wildman–Crippen LogP) is 1.32. The second-order valence-electron chi connectivity index (χ2n) is 4.39. The fourth-order valence-electron chi connectivity index (χ4n) is 2.54. The summed E-state index contributed by atoms with van der Waals surface area (Å²) in [6, 6.07) is 6.06. The zero-order chi connectivity index (χ0) is 11.0. The van der Waals surface area contributed by atoms with Crippen LogP contribution in [0.3, 0.4) is 0 Å². The van der Waals surface area contributed by atoms with Crippen molar-refractivity contribution >= 4 is 11.0 Å². The van der Waals surface area contributed by atoms with Gasteiger partial charge < -0.3 is 15.3 Å². The number of aromatic amines is 2. The van der Waals surface area contributed by atoms with Gasteiger partial charge in [0, 0.05) is 6.54 Å². The van der Waals surface area contributed by atoms with Gasteiger partial charge in [-0.15, -0.1) is 0 Å². The zero-order valence-electron chi connectivity index (χ0n) is 9.05. The molecule has 0 spiro atoms. The van der Waals surface area contributed by atoms with Crippen molar-refractivity contribution in [2.75, 3.05) is 13.1 Å². The Morgan fingerprint density at radius 2 is 2.19 bits per heavy atom. The monoisotopic (exact) mass is 217 g/mol. The van der Waals surface area contributed by atoms with Crippen LogP contribution in [-0.2, 0) is 0 Å². The van der Waals surface area contributed by atoms with E-state index in [0.29, 0.717) is 5.92 Å². The average molecular weight is 217 g/mol. The summed E-state index contributed by atoms with van der Waals surface area (Å²) in [6.07, 6.45) is 2.40. The maximum Gasteiger partial charge on any atom is 0.323 e. The van der Waals surface area contributed by atoms with Crippen molar-refractivity contribution in [3.8, 4) is 0 Å². The smallest absolute Gasteiger partial charge is 0.316 e. The van der Waals surface area contributed by atoms with E-state index in [1.807, 2.05) is 12.1 Å². The zero-order valence-corrected chi connectivity index (χ0v) is 9.05. The van der Waals surface area contributed by atoms with Crippen LogP contribution >= 0.6 is 0 Å². The molecule has 0 amide bonds. The van der Waals surface area contributed by atoms with Crippen molar-refractivity contribution < 1.29 is 0 Å². The lowest BCUT2D eigenvalue weighted by molar-refractivity contribution is 0.463. The number of aromatic nitrogens is 2. The van der Waals surface area contributed by atoms with Crippen molar-refractivity contribution in [1.29, 1.82) is 0 Å². The van der Waals surface area contributed by atoms with E-state index in [-0.39, 0.29) is 5.69 Å². The first-order chi connectivity index (χ1) is 7.84. The highest BCUT2D eigenvalue weighted by molar-refractivity contribution is 5.78. The van der Waals surface area contributed by atoms with Crippen molar-refractivity contribution in [2.24, 2.45) is 0 Å². The lowest BCUT2D eigenvalue weighted by Crippen LogP contribution is -2.28. The Kier molecular flexibility index (Phi) is 2.29. The molecule has 0 radical (unpaired) electrons. The molecular weight excluding hydrogens is 202 g/mol. The summed E-state index contributed by atoms with van der Waals surface area (Å²) in [5.41, 5.74) is 3.02. The molecule has 1 fully saturated rings. The molecule has 4 heteroatoms. The molecule has 1 aliphatic rings. The fraction of sp³-hybridized carbons (Fsp3) is 0.417. The number of piperidine rings is 1. The molecule has 4 nitrogen and oxygen atoms in total. The standard InChI is InChI=1S/C12H15N3O/c16-12-14-10-5-1-4-9(11(10)15-12)8-3-2-6-13-7-8/h1,4-5,8,13H,2-3,6-7H2,(H2,14,15,16)/t8-/m0/s1. The van der Waals surface area contributed by atoms with Crippen LogP contribution in [0.1, 0.15) is 24.3 Å². The summed E-state index contributed by atoms with van der Waals surface area (Å²) in [5.74, 6) is 0.517. The molecule has 0 aliphatic carbocycles. The van der Waals surface area contributed by atoms with Crippen LogP contribution < -0.4 is 11.0 Å². The summed E-state index contributed by atoms with van der Waals surface area (Å²) in [6.45, 7) is 2.11. The van der Waals surface area contributed by atoms with Crippen molar-refractivity contribution in [1.82, 2.24) is 15.3 Å². The molecule has 1 atom stereocenters. The molecule has 2 aromatic rings. The second-order valence-corrected chi connectivity index (χ2v) is 4.39. The Bertz CT molecular complexity index is 549. The van der Waals surface area contributed by atoms with Gasteiger partial charge in [-0.3, -0.25) is 0 Å². The summed E-state index contributed by atoms with van der Waals surface area (Å²) < 4.78 is 0. The average Bonchev–Trinajstić information content (AvgIpc) is 2.70. The van der Waals surface area contributed by atoms with Crippen LogP contribution in [0.5, 0.6) is 0 Å². The van der Waals surface area contributed by atoms with Gasteiger partial charge in [0.1, 0.15) is 0 Å². The van der Waals surface area contributed by atoms with Gasteiger partial charge in [0.05, 0.1) is 11.0 Å². The van der Waals surface area contributed by atoms with Crippen molar-refractivity contribution in [3.05, 3.63) is 34.2 Å². The quantitative estimate of drug-likeness (QED) is 0.674. The molecule has 1 saturated heterocycles. The van der Waals surface area contributed by atoms with Crippen molar-refractivity contribution in [3.63, 3.8) is 0 Å². The fourth-order valence-corrected chi connectivity index (χ4v) is 2.54. The molecule has 0 bridgehead atoms. The van der Waals surface area contributed by atoms with Gasteiger partial charge in [0.25, 0.3) is 0 Å². The highest BCUT2D eigenvalue weighted by Gasteiger charge is 2.18. The second kappa shape index (κ2) is 3.79. The maximum atomic E-state index is 11.3. The largest absolute Gasteiger partial charge is 0.323 e. The number of H-pyrrole nitrogens is 2. The number of nitrogens with one attached hydrogen (secondary N) is 3. The Morgan fingerprint density at radius 1 is 1.25 bits per heavy atom. The van der Waals surface area contributed by atoms with Crippen LogP contribution in [-0.4, -0.2) is 23.1 Å². The summed E-state index contributed by atoms with van der Waals surface area (Å²) in [7, 11) is 0. The van der Waals surface area contributed by atoms with Crippen LogP contribution in [0.15, 0.2) is 23.0 Å². The van der Waals surface area contributed by atoms with Gasteiger partial charge >= 0.3 is 5.69 Å². The molecule has 1 aromatic carbocycles. The first-order valence-electron chi connectivity index (χ1n) is 5.76. The van der Waals surface area contributed by atoms with Crippen LogP contribution in [0.4, 0.5) is 0 Å². The van der Waals surface area contributed by atoms with Crippen molar-refractivity contribution in [2.45, 2.75) is 18.8 Å². The molecule has 1 aromatic heterocycles. The third kappa shape index (κ3) is 1.55. The lowest BCUT2D eigenvalue weighted by atomic mass is 9.91. The van der Waals surface area contributed by atoms with E-state index in [1.54, 1.807) is 0 Å². The minimum Gasteiger partial charge on any atom is -0.316 e. The summed E-state index contributed by atoms with van der Waals surface area (Å²) in [4.78, 5) is 17.0. The van der Waals surface area contributed by atoms with Gasteiger partial charge in [-0.25, -0.2) is 4.79 Å². The number of rotatable bonds is 1.